The molecule has 12 heavy (non-hydrogen) atoms. The molecule has 0 saturated carbocycles. The summed E-state index contributed by atoms with van der Waals surface area (Å²) in [5.41, 5.74) is 0.943. The fourth-order valence-electron chi connectivity index (χ4n) is 1.09. The van der Waals surface area contributed by atoms with Crippen molar-refractivity contribution in [3.8, 4) is 0 Å². The molecule has 70 valence electrons. The van der Waals surface area contributed by atoms with Crippen LogP contribution in [0.3, 0.4) is 0 Å². The average molecular weight is 168 g/mol. The minimum atomic E-state index is 0.778. The molecule has 1 nitrogen and oxygen atoms in total. The van der Waals surface area contributed by atoms with Gasteiger partial charge in [0, 0.05) is 0 Å². The second kappa shape index (κ2) is 7.08. The van der Waals surface area contributed by atoms with Crippen molar-refractivity contribution in [2.75, 3.05) is 0 Å². The molecule has 0 heterocycles. The largest absolute Gasteiger partial charge is 0.298 e. The number of rotatable bonds is 6. The summed E-state index contributed by atoms with van der Waals surface area (Å²) in [6.07, 6.45) is 7.41. The molecule has 0 bridgehead atoms. The third kappa shape index (κ3) is 6.14. The van der Waals surface area contributed by atoms with Crippen molar-refractivity contribution in [1.29, 1.82) is 0 Å². The lowest BCUT2D eigenvalue weighted by atomic mass is 10.1. The van der Waals surface area contributed by atoms with E-state index in [2.05, 4.69) is 19.9 Å². The van der Waals surface area contributed by atoms with Crippen molar-refractivity contribution in [2.45, 2.75) is 46.5 Å². The summed E-state index contributed by atoms with van der Waals surface area (Å²) in [4.78, 5) is 10.4. The van der Waals surface area contributed by atoms with Gasteiger partial charge in [0.2, 0.25) is 0 Å². The Kier molecular flexibility index (Phi) is 6.73. The van der Waals surface area contributed by atoms with Gasteiger partial charge in [-0.1, -0.05) is 33.3 Å². The van der Waals surface area contributed by atoms with Gasteiger partial charge >= 0.3 is 0 Å². The summed E-state index contributed by atoms with van der Waals surface area (Å²) in [6, 6.07) is 0. The Morgan fingerprint density at radius 1 is 1.42 bits per heavy atom. The van der Waals surface area contributed by atoms with Gasteiger partial charge in [-0.3, -0.25) is 4.79 Å². The maximum atomic E-state index is 10.4. The standard InChI is InChI=1S/C11H20O/c1-4-11(9-12)8-6-5-7-10(2)3/h8-10H,4-7H2,1-3H3. The van der Waals surface area contributed by atoms with Gasteiger partial charge in [-0.05, 0) is 30.8 Å². The zero-order valence-electron chi connectivity index (χ0n) is 8.47. The molecule has 0 aromatic carbocycles. The molecule has 0 aliphatic heterocycles. The lowest BCUT2D eigenvalue weighted by Crippen LogP contribution is -1.87. The van der Waals surface area contributed by atoms with Crippen LogP contribution in [0.2, 0.25) is 0 Å². The molecule has 0 radical (unpaired) electrons. The van der Waals surface area contributed by atoms with Crippen molar-refractivity contribution < 1.29 is 4.79 Å². The van der Waals surface area contributed by atoms with Crippen molar-refractivity contribution in [3.05, 3.63) is 11.6 Å². The van der Waals surface area contributed by atoms with Gasteiger partial charge in [0.15, 0.2) is 0 Å². The fourth-order valence-corrected chi connectivity index (χ4v) is 1.09. The van der Waals surface area contributed by atoms with Crippen LogP contribution < -0.4 is 0 Å². The molecule has 0 amide bonds. The van der Waals surface area contributed by atoms with Crippen LogP contribution in [0.5, 0.6) is 0 Å². The van der Waals surface area contributed by atoms with E-state index in [1.54, 1.807) is 0 Å². The normalized spacial score (nSPS) is 12.2. The Hall–Kier alpha value is -0.590. The number of unbranched alkanes of at least 4 members (excludes halogenated alkanes) is 1. The minimum absolute atomic E-state index is 0.778. The first-order valence-electron chi connectivity index (χ1n) is 4.84. The molecular formula is C11H20O. The third-order valence-corrected chi connectivity index (χ3v) is 1.95. The quantitative estimate of drug-likeness (QED) is 0.338. The predicted octanol–water partition coefficient (Wildman–Crippen LogP) is 3.35. The van der Waals surface area contributed by atoms with Gasteiger partial charge in [0.25, 0.3) is 0 Å². The monoisotopic (exact) mass is 168 g/mol. The first kappa shape index (κ1) is 11.4. The number of carbonyl (C=O) groups excluding carboxylic acids is 1. The average Bonchev–Trinajstić information content (AvgIpc) is 2.04. The molecule has 0 rings (SSSR count). The summed E-state index contributed by atoms with van der Waals surface area (Å²) >= 11 is 0. The first-order valence-corrected chi connectivity index (χ1v) is 4.84. The minimum Gasteiger partial charge on any atom is -0.298 e. The summed E-state index contributed by atoms with van der Waals surface area (Å²) in [5, 5.41) is 0. The Labute approximate surface area is 75.9 Å². The molecule has 1 heteroatoms. The van der Waals surface area contributed by atoms with E-state index in [-0.39, 0.29) is 0 Å². The molecule has 0 aromatic heterocycles. The number of allylic oxidation sites excluding steroid dienone is 2. The van der Waals surface area contributed by atoms with E-state index in [1.807, 2.05) is 6.92 Å². The summed E-state index contributed by atoms with van der Waals surface area (Å²) in [5.74, 6) is 0.778. The van der Waals surface area contributed by atoms with Gasteiger partial charge in [0.05, 0.1) is 0 Å². The highest BCUT2D eigenvalue weighted by atomic mass is 16.1. The fraction of sp³-hybridized carbons (Fsp3) is 0.727. The van der Waals surface area contributed by atoms with Crippen molar-refractivity contribution in [1.82, 2.24) is 0 Å². The van der Waals surface area contributed by atoms with Gasteiger partial charge in [-0.2, -0.15) is 0 Å². The van der Waals surface area contributed by atoms with Gasteiger partial charge in [-0.25, -0.2) is 0 Å². The molecule has 0 unspecified atom stereocenters. The molecule has 0 fully saturated rings. The summed E-state index contributed by atoms with van der Waals surface area (Å²) in [6.45, 7) is 6.47. The smallest absolute Gasteiger partial charge is 0.145 e. The summed E-state index contributed by atoms with van der Waals surface area (Å²) < 4.78 is 0. The lowest BCUT2D eigenvalue weighted by molar-refractivity contribution is -0.105. The number of carbonyl (C=O) groups is 1. The molecule has 0 saturated heterocycles. The summed E-state index contributed by atoms with van der Waals surface area (Å²) in [7, 11) is 0. The molecule has 0 N–H and O–H groups in total. The maximum Gasteiger partial charge on any atom is 0.145 e. The second-order valence-corrected chi connectivity index (χ2v) is 3.58. The Balaban J connectivity index is 3.51. The van der Waals surface area contributed by atoms with Crippen LogP contribution >= 0.6 is 0 Å². The van der Waals surface area contributed by atoms with E-state index in [4.69, 9.17) is 0 Å². The van der Waals surface area contributed by atoms with E-state index in [0.29, 0.717) is 0 Å². The molecule has 0 aliphatic rings. The van der Waals surface area contributed by atoms with Gasteiger partial charge < -0.3 is 0 Å². The van der Waals surface area contributed by atoms with Gasteiger partial charge in [0.1, 0.15) is 6.29 Å². The van der Waals surface area contributed by atoms with E-state index in [1.165, 1.54) is 12.8 Å². The number of hydrogen-bond acceptors (Lipinski definition) is 1. The highest BCUT2D eigenvalue weighted by Gasteiger charge is 1.93. The highest BCUT2D eigenvalue weighted by molar-refractivity contribution is 5.72. The molecule has 0 aliphatic carbocycles. The third-order valence-electron chi connectivity index (χ3n) is 1.95. The van der Waals surface area contributed by atoms with Crippen LogP contribution in [-0.4, -0.2) is 6.29 Å². The zero-order chi connectivity index (χ0) is 9.40. The van der Waals surface area contributed by atoms with Crippen molar-refractivity contribution in [2.24, 2.45) is 5.92 Å². The molecular weight excluding hydrogens is 148 g/mol. The van der Waals surface area contributed by atoms with Crippen molar-refractivity contribution in [3.63, 3.8) is 0 Å². The number of aldehydes is 1. The molecule has 0 spiro atoms. The van der Waals surface area contributed by atoms with Crippen LogP contribution in [-0.2, 0) is 4.79 Å². The van der Waals surface area contributed by atoms with Crippen LogP contribution in [0.15, 0.2) is 11.6 Å². The number of hydrogen-bond donors (Lipinski definition) is 0. The Morgan fingerprint density at radius 2 is 2.08 bits per heavy atom. The SMILES string of the molecule is CCC(C=O)=CCCCC(C)C. The second-order valence-electron chi connectivity index (χ2n) is 3.58. The lowest BCUT2D eigenvalue weighted by Gasteiger charge is -2.01. The van der Waals surface area contributed by atoms with Crippen LogP contribution in [0.4, 0.5) is 0 Å². The Morgan fingerprint density at radius 3 is 2.50 bits per heavy atom. The van der Waals surface area contributed by atoms with E-state index >= 15 is 0 Å². The van der Waals surface area contributed by atoms with E-state index in [9.17, 15) is 4.79 Å². The van der Waals surface area contributed by atoms with E-state index < -0.39 is 0 Å². The van der Waals surface area contributed by atoms with Crippen LogP contribution in [0.25, 0.3) is 0 Å². The van der Waals surface area contributed by atoms with Crippen molar-refractivity contribution >= 4 is 6.29 Å². The van der Waals surface area contributed by atoms with Crippen LogP contribution in [0, 0.1) is 5.92 Å². The van der Waals surface area contributed by atoms with E-state index in [0.717, 1.165) is 30.6 Å². The predicted molar refractivity (Wildman–Crippen MR) is 53.1 cm³/mol. The highest BCUT2D eigenvalue weighted by Crippen LogP contribution is 2.08. The van der Waals surface area contributed by atoms with Gasteiger partial charge in [-0.15, -0.1) is 0 Å². The van der Waals surface area contributed by atoms with Crippen LogP contribution in [0.1, 0.15) is 46.5 Å². The molecule has 0 atom stereocenters. The first-order chi connectivity index (χ1) is 5.70. The Bertz CT molecular complexity index is 145. The maximum absolute atomic E-state index is 10.4. The molecule has 0 aromatic rings. The topological polar surface area (TPSA) is 17.1 Å². The zero-order valence-corrected chi connectivity index (χ0v) is 8.47.